The van der Waals surface area contributed by atoms with E-state index in [0.717, 1.165) is 66.6 Å². The highest BCUT2D eigenvalue weighted by Gasteiger charge is 2.21. The molecule has 2 heteroatoms. The van der Waals surface area contributed by atoms with Crippen LogP contribution < -0.4 is 4.90 Å². The topological polar surface area (TPSA) is 8.17 Å². The average molecular weight is 719 g/mol. The van der Waals surface area contributed by atoms with E-state index < -0.39 is 0 Å². The highest BCUT2D eigenvalue weighted by molar-refractivity contribution is 6.17. The fourth-order valence-electron chi connectivity index (χ4n) is 7.86. The number of fused-ring (bicyclic) bond motifs is 3. The van der Waals surface area contributed by atoms with Crippen molar-refractivity contribution in [3.63, 3.8) is 0 Å². The summed E-state index contributed by atoms with van der Waals surface area (Å²) in [6.07, 6.45) is 0. The zero-order valence-corrected chi connectivity index (χ0v) is 30.5. The van der Waals surface area contributed by atoms with Gasteiger partial charge in [0.25, 0.3) is 0 Å². The maximum absolute atomic E-state index is 9.72. The Morgan fingerprint density at radius 3 is 1.61 bits per heavy atom. The predicted molar refractivity (Wildman–Crippen MR) is 237 cm³/mol. The first-order valence-electron chi connectivity index (χ1n) is 20.9. The standard InChI is InChI=1S/C54H38N2/c1-4-16-39(17-5-1)41-30-32-42(33-31-41)43-34-36-46(37-35-43)55(47-23-14-20-44(38-47)40-18-6-2-7-19-40)51-27-12-10-24-48(51)49-26-15-29-53-54(49)50-25-11-13-28-52(50)56(53)45-21-8-3-9-22-45/h1-38H/i34D,35D,36D,37D. The van der Waals surface area contributed by atoms with Gasteiger partial charge in [-0.2, -0.15) is 0 Å². The molecule has 1 aromatic heterocycles. The van der Waals surface area contributed by atoms with E-state index in [1.165, 1.54) is 0 Å². The Hall–Kier alpha value is -7.42. The SMILES string of the molecule is [2H]c1c([2H])c(N(c2cccc(-c3ccccc3)c2)c2ccccc2-c2cccc3c2c2ccccc2n3-c2ccccc2)c([2H])c([2H])c1-c1ccc(-c2ccccc2)cc1. The second-order valence-corrected chi connectivity index (χ2v) is 13.8. The van der Waals surface area contributed by atoms with Gasteiger partial charge in [-0.1, -0.05) is 176 Å². The summed E-state index contributed by atoms with van der Waals surface area (Å²) in [5, 5.41) is 2.18. The molecule has 0 atom stereocenters. The molecule has 0 amide bonds. The lowest BCUT2D eigenvalue weighted by Gasteiger charge is -2.28. The van der Waals surface area contributed by atoms with Crippen LogP contribution in [0.3, 0.4) is 0 Å². The van der Waals surface area contributed by atoms with Crippen molar-refractivity contribution >= 4 is 38.9 Å². The summed E-state index contributed by atoms with van der Waals surface area (Å²) in [6.45, 7) is 0. The Bertz CT molecular complexity index is 3150. The number of hydrogen-bond acceptors (Lipinski definition) is 1. The van der Waals surface area contributed by atoms with Gasteiger partial charge >= 0.3 is 0 Å². The van der Waals surface area contributed by atoms with Crippen molar-refractivity contribution in [3.05, 3.63) is 230 Å². The molecule has 10 rings (SSSR count). The molecule has 0 saturated carbocycles. The molecule has 0 bridgehead atoms. The third-order valence-electron chi connectivity index (χ3n) is 10.5. The lowest BCUT2D eigenvalue weighted by Crippen LogP contribution is -2.11. The van der Waals surface area contributed by atoms with Gasteiger partial charge in [-0.25, -0.2) is 0 Å². The molecule has 264 valence electrons. The van der Waals surface area contributed by atoms with Crippen LogP contribution in [-0.4, -0.2) is 4.57 Å². The molecular formula is C54H38N2. The summed E-state index contributed by atoms with van der Waals surface area (Å²) in [6, 6.07) is 68.8. The highest BCUT2D eigenvalue weighted by Crippen LogP contribution is 2.46. The van der Waals surface area contributed by atoms with Crippen LogP contribution in [0.15, 0.2) is 230 Å². The average Bonchev–Trinajstić information content (AvgIpc) is 3.66. The van der Waals surface area contributed by atoms with Gasteiger partial charge in [-0.15, -0.1) is 0 Å². The van der Waals surface area contributed by atoms with Crippen molar-refractivity contribution in [2.24, 2.45) is 0 Å². The van der Waals surface area contributed by atoms with Crippen molar-refractivity contribution in [2.45, 2.75) is 0 Å². The second kappa shape index (κ2) is 14.4. The lowest BCUT2D eigenvalue weighted by molar-refractivity contribution is 1.18. The number of benzene rings is 9. The molecule has 2 nitrogen and oxygen atoms in total. The summed E-state index contributed by atoms with van der Waals surface area (Å²) < 4.78 is 40.8. The Morgan fingerprint density at radius 2 is 0.875 bits per heavy atom. The number of para-hydroxylation sites is 3. The summed E-state index contributed by atoms with van der Waals surface area (Å²) in [5.41, 5.74) is 11.6. The third-order valence-corrected chi connectivity index (χ3v) is 10.5. The second-order valence-electron chi connectivity index (χ2n) is 13.8. The monoisotopic (exact) mass is 718 g/mol. The smallest absolute Gasteiger partial charge is 0.0645 e. The Balaban J connectivity index is 1.21. The zero-order chi connectivity index (χ0) is 40.7. The maximum atomic E-state index is 9.72. The number of hydrogen-bond donors (Lipinski definition) is 0. The fourth-order valence-corrected chi connectivity index (χ4v) is 7.86. The number of rotatable bonds is 8. The summed E-state index contributed by atoms with van der Waals surface area (Å²) in [7, 11) is 0. The van der Waals surface area contributed by atoms with E-state index in [1.807, 2.05) is 114 Å². The van der Waals surface area contributed by atoms with Crippen LogP contribution in [0, 0.1) is 0 Å². The lowest BCUT2D eigenvalue weighted by atomic mass is 9.96. The van der Waals surface area contributed by atoms with E-state index in [2.05, 4.69) is 102 Å². The van der Waals surface area contributed by atoms with Gasteiger partial charge in [0, 0.05) is 33.4 Å². The van der Waals surface area contributed by atoms with Crippen LogP contribution >= 0.6 is 0 Å². The fraction of sp³-hybridized carbons (Fsp3) is 0. The number of aromatic nitrogens is 1. The Kier molecular flexibility index (Phi) is 7.47. The molecule has 0 N–H and O–H groups in total. The first-order chi connectivity index (χ1) is 29.5. The van der Waals surface area contributed by atoms with E-state index in [0.29, 0.717) is 11.3 Å². The van der Waals surface area contributed by atoms with Crippen molar-refractivity contribution in [3.8, 4) is 50.2 Å². The van der Waals surface area contributed by atoms with Crippen LogP contribution in [0.4, 0.5) is 17.1 Å². The van der Waals surface area contributed by atoms with Crippen LogP contribution in [0.2, 0.25) is 0 Å². The zero-order valence-electron chi connectivity index (χ0n) is 34.5. The maximum Gasteiger partial charge on any atom is 0.0645 e. The molecule has 0 aliphatic heterocycles. The number of nitrogens with zero attached hydrogens (tertiary/aromatic N) is 2. The van der Waals surface area contributed by atoms with E-state index in [9.17, 15) is 5.48 Å². The minimum absolute atomic E-state index is 0.104. The van der Waals surface area contributed by atoms with Crippen molar-refractivity contribution in [1.29, 1.82) is 0 Å². The normalized spacial score (nSPS) is 12.2. The van der Waals surface area contributed by atoms with Crippen molar-refractivity contribution < 1.29 is 5.48 Å². The van der Waals surface area contributed by atoms with E-state index in [4.69, 9.17) is 0 Å². The van der Waals surface area contributed by atoms with Crippen molar-refractivity contribution in [2.75, 3.05) is 4.90 Å². The molecule has 0 saturated heterocycles. The van der Waals surface area contributed by atoms with Gasteiger partial charge < -0.3 is 9.47 Å². The van der Waals surface area contributed by atoms with Crippen LogP contribution in [0.1, 0.15) is 5.48 Å². The largest absolute Gasteiger partial charge is 0.310 e. The first-order valence-corrected chi connectivity index (χ1v) is 18.9. The van der Waals surface area contributed by atoms with Crippen LogP contribution in [0.25, 0.3) is 72.0 Å². The predicted octanol–water partition coefficient (Wildman–Crippen LogP) is 14.9. The van der Waals surface area contributed by atoms with Gasteiger partial charge in [-0.05, 0) is 93.5 Å². The summed E-state index contributed by atoms with van der Waals surface area (Å²) in [5.74, 6) is 0. The van der Waals surface area contributed by atoms with Gasteiger partial charge in [0.05, 0.1) is 22.2 Å². The molecule has 0 aliphatic rings. The van der Waals surface area contributed by atoms with Gasteiger partial charge in [0.15, 0.2) is 0 Å². The highest BCUT2D eigenvalue weighted by atomic mass is 15.1. The molecule has 1 heterocycles. The molecule has 0 aliphatic carbocycles. The van der Waals surface area contributed by atoms with Crippen molar-refractivity contribution in [1.82, 2.24) is 4.57 Å². The van der Waals surface area contributed by atoms with E-state index in [1.54, 1.807) is 0 Å². The molecule has 0 fully saturated rings. The van der Waals surface area contributed by atoms with Gasteiger partial charge in [-0.3, -0.25) is 0 Å². The summed E-state index contributed by atoms with van der Waals surface area (Å²) >= 11 is 0. The van der Waals surface area contributed by atoms with Crippen LogP contribution in [-0.2, 0) is 0 Å². The van der Waals surface area contributed by atoms with Crippen LogP contribution in [0.5, 0.6) is 0 Å². The minimum Gasteiger partial charge on any atom is -0.310 e. The molecular weight excluding hydrogens is 677 g/mol. The first kappa shape index (κ1) is 29.0. The molecule has 0 radical (unpaired) electrons. The number of anilines is 3. The molecule has 9 aromatic carbocycles. The quantitative estimate of drug-likeness (QED) is 0.152. The minimum atomic E-state index is -0.128. The van der Waals surface area contributed by atoms with E-state index >= 15 is 0 Å². The Labute approximate surface area is 333 Å². The Morgan fingerprint density at radius 1 is 0.357 bits per heavy atom. The van der Waals surface area contributed by atoms with Gasteiger partial charge in [0.1, 0.15) is 0 Å². The molecule has 0 spiro atoms. The summed E-state index contributed by atoms with van der Waals surface area (Å²) in [4.78, 5) is 1.92. The molecule has 56 heavy (non-hydrogen) atoms. The third kappa shape index (κ3) is 6.04. The van der Waals surface area contributed by atoms with Gasteiger partial charge in [0.2, 0.25) is 0 Å². The molecule has 0 unspecified atom stereocenters. The van der Waals surface area contributed by atoms with E-state index in [-0.39, 0.29) is 35.4 Å². The molecule has 10 aromatic rings.